The summed E-state index contributed by atoms with van der Waals surface area (Å²) in [5.41, 5.74) is 0.775. The molecule has 1 N–H and O–H groups in total. The molecule has 0 amide bonds. The highest BCUT2D eigenvalue weighted by Crippen LogP contribution is 2.77. The number of carboxylic acids is 1. The molecule has 8 atom stereocenters. The molecule has 0 spiro atoms. The normalized spacial score (nSPS) is 52.3. The number of carbonyl (C=O) groups is 2. The monoisotopic (exact) mass is 444 g/mol. The molecule has 182 valence electrons. The van der Waals surface area contributed by atoms with Crippen LogP contribution in [0.4, 0.5) is 0 Å². The largest absolute Gasteiger partial charge is 0.481 e. The molecule has 4 rings (SSSR count). The van der Waals surface area contributed by atoms with Crippen LogP contribution in [0, 0.1) is 50.2 Å². The molecule has 3 unspecified atom stereocenters. The summed E-state index contributed by atoms with van der Waals surface area (Å²) in [6, 6.07) is 0. The fraction of sp³-hybridized carbons (Fsp3) is 0.931. The summed E-state index contributed by atoms with van der Waals surface area (Å²) in [4.78, 5) is 24.9. The van der Waals surface area contributed by atoms with Crippen molar-refractivity contribution in [2.75, 3.05) is 0 Å². The predicted molar refractivity (Wildman–Crippen MR) is 129 cm³/mol. The van der Waals surface area contributed by atoms with E-state index in [0.29, 0.717) is 22.2 Å². The Bertz CT molecular complexity index is 815. The summed E-state index contributed by atoms with van der Waals surface area (Å²) < 4.78 is 0. The first-order valence-corrected chi connectivity index (χ1v) is 13.3. The maximum atomic E-state index is 12.9. The van der Waals surface area contributed by atoms with Gasteiger partial charge in [-0.2, -0.15) is 0 Å². The van der Waals surface area contributed by atoms with Gasteiger partial charge < -0.3 is 5.11 Å². The molecule has 3 heteroatoms. The highest BCUT2D eigenvalue weighted by atomic mass is 16.4. The van der Waals surface area contributed by atoms with Crippen molar-refractivity contribution in [3.63, 3.8) is 0 Å². The summed E-state index contributed by atoms with van der Waals surface area (Å²) in [5, 5.41) is 9.87. The van der Waals surface area contributed by atoms with Crippen molar-refractivity contribution in [2.45, 2.75) is 120 Å². The number of carbonyl (C=O) groups excluding carboxylic acids is 1. The SMILES string of the molecule is CC(=O)[C@@]1(C)CCC2[C@@](C)(CC[C@@]3(C)C4CC(C)(C)CC[C@]4(C)CC[C@]23C)C1CC(=O)O. The molecule has 0 aliphatic heterocycles. The smallest absolute Gasteiger partial charge is 0.303 e. The molecule has 4 fully saturated rings. The van der Waals surface area contributed by atoms with Gasteiger partial charge in [-0.05, 0) is 110 Å². The number of ketones is 1. The zero-order chi connectivity index (χ0) is 24.0. The molecule has 4 aliphatic carbocycles. The molecule has 32 heavy (non-hydrogen) atoms. The van der Waals surface area contributed by atoms with E-state index in [9.17, 15) is 14.7 Å². The third-order valence-corrected chi connectivity index (χ3v) is 12.7. The third kappa shape index (κ3) is 3.11. The average molecular weight is 445 g/mol. The van der Waals surface area contributed by atoms with Crippen LogP contribution >= 0.6 is 0 Å². The van der Waals surface area contributed by atoms with Crippen LogP contribution in [-0.2, 0) is 9.59 Å². The Kier molecular flexibility index (Phi) is 5.37. The van der Waals surface area contributed by atoms with Gasteiger partial charge >= 0.3 is 5.97 Å². The number of rotatable bonds is 3. The minimum absolute atomic E-state index is 0.0683. The quantitative estimate of drug-likeness (QED) is 0.489. The zero-order valence-corrected chi connectivity index (χ0v) is 22.1. The lowest BCUT2D eigenvalue weighted by molar-refractivity contribution is -0.249. The standard InChI is InChI=1S/C29H48O3/c1-19(30)26(5)10-9-20-27(6,21(26)17-23(31)32)14-16-29(8)22-18-24(2,3)11-12-25(22,4)13-15-28(20,29)7/h20-22H,9-18H2,1-8H3,(H,31,32)/t20?,21?,22?,25-,26-,27-,28-,29+/m1/s1. The van der Waals surface area contributed by atoms with E-state index in [1.807, 2.05) is 0 Å². The first kappa shape index (κ1) is 24.3. The first-order chi connectivity index (χ1) is 14.5. The van der Waals surface area contributed by atoms with Gasteiger partial charge in [0.05, 0.1) is 0 Å². The second-order valence-corrected chi connectivity index (χ2v) is 14.6. The van der Waals surface area contributed by atoms with Crippen LogP contribution < -0.4 is 0 Å². The van der Waals surface area contributed by atoms with Crippen molar-refractivity contribution >= 4 is 11.8 Å². The Morgan fingerprint density at radius 3 is 1.94 bits per heavy atom. The third-order valence-electron chi connectivity index (χ3n) is 12.7. The molecule has 0 bridgehead atoms. The number of carboxylic acid groups (broad SMARTS) is 1. The maximum absolute atomic E-state index is 12.9. The van der Waals surface area contributed by atoms with E-state index in [1.54, 1.807) is 6.92 Å². The van der Waals surface area contributed by atoms with Gasteiger partial charge in [-0.3, -0.25) is 9.59 Å². The minimum atomic E-state index is -0.743. The molecule has 0 heterocycles. The molecule has 3 nitrogen and oxygen atoms in total. The van der Waals surface area contributed by atoms with E-state index >= 15 is 0 Å². The lowest BCUT2D eigenvalue weighted by atomic mass is 9.31. The van der Waals surface area contributed by atoms with E-state index in [-0.39, 0.29) is 29.0 Å². The summed E-state index contributed by atoms with van der Waals surface area (Å²) in [6.45, 7) is 18.8. The highest BCUT2D eigenvalue weighted by molar-refractivity contribution is 5.83. The Morgan fingerprint density at radius 1 is 0.781 bits per heavy atom. The van der Waals surface area contributed by atoms with Gasteiger partial charge in [0.15, 0.2) is 0 Å². The number of hydrogen-bond acceptors (Lipinski definition) is 2. The molecule has 0 aromatic carbocycles. The molecule has 0 saturated heterocycles. The molecule has 4 aliphatic rings. The highest BCUT2D eigenvalue weighted by Gasteiger charge is 2.70. The predicted octanol–water partition coefficient (Wildman–Crippen LogP) is 7.52. The summed E-state index contributed by atoms with van der Waals surface area (Å²) in [5.74, 6) is 0.614. The number of hydrogen-bond donors (Lipinski definition) is 1. The van der Waals surface area contributed by atoms with Crippen molar-refractivity contribution in [3.8, 4) is 0 Å². The second kappa shape index (κ2) is 7.08. The van der Waals surface area contributed by atoms with Crippen LogP contribution in [0.25, 0.3) is 0 Å². The van der Waals surface area contributed by atoms with Crippen LogP contribution in [0.15, 0.2) is 0 Å². The van der Waals surface area contributed by atoms with Crippen LogP contribution in [0.1, 0.15) is 120 Å². The maximum Gasteiger partial charge on any atom is 0.303 e. The molecular weight excluding hydrogens is 396 g/mol. The van der Waals surface area contributed by atoms with Gasteiger partial charge in [0, 0.05) is 11.8 Å². The van der Waals surface area contributed by atoms with E-state index in [4.69, 9.17) is 0 Å². The van der Waals surface area contributed by atoms with Crippen LogP contribution in [0.5, 0.6) is 0 Å². The van der Waals surface area contributed by atoms with Crippen molar-refractivity contribution in [2.24, 2.45) is 50.2 Å². The Hall–Kier alpha value is -0.860. The number of aliphatic carboxylic acids is 1. The number of fused-ring (bicyclic) bond motifs is 5. The lowest BCUT2D eigenvalue weighted by Crippen LogP contribution is -2.67. The van der Waals surface area contributed by atoms with E-state index < -0.39 is 11.4 Å². The average Bonchev–Trinajstić information content (AvgIpc) is 2.68. The molecular formula is C29H48O3. The van der Waals surface area contributed by atoms with E-state index in [1.165, 1.54) is 38.5 Å². The Balaban J connectivity index is 1.78. The van der Waals surface area contributed by atoms with E-state index in [2.05, 4.69) is 48.5 Å². The summed E-state index contributed by atoms with van der Waals surface area (Å²) in [7, 11) is 0. The van der Waals surface area contributed by atoms with Crippen molar-refractivity contribution < 1.29 is 14.7 Å². The van der Waals surface area contributed by atoms with E-state index in [0.717, 1.165) is 25.2 Å². The van der Waals surface area contributed by atoms with Crippen molar-refractivity contribution in [1.29, 1.82) is 0 Å². The first-order valence-electron chi connectivity index (χ1n) is 13.3. The van der Waals surface area contributed by atoms with Gasteiger partial charge in [0.25, 0.3) is 0 Å². The van der Waals surface area contributed by atoms with Gasteiger partial charge in [-0.25, -0.2) is 0 Å². The van der Waals surface area contributed by atoms with Crippen molar-refractivity contribution in [1.82, 2.24) is 0 Å². The Labute approximate surface area is 196 Å². The minimum Gasteiger partial charge on any atom is -0.481 e. The van der Waals surface area contributed by atoms with Crippen LogP contribution in [-0.4, -0.2) is 16.9 Å². The topological polar surface area (TPSA) is 54.4 Å². The van der Waals surface area contributed by atoms with Crippen LogP contribution in [0.2, 0.25) is 0 Å². The summed E-state index contributed by atoms with van der Waals surface area (Å²) in [6.07, 6.45) is 10.9. The van der Waals surface area contributed by atoms with Gasteiger partial charge in [0.2, 0.25) is 0 Å². The Morgan fingerprint density at radius 2 is 1.34 bits per heavy atom. The molecule has 0 aromatic heterocycles. The van der Waals surface area contributed by atoms with Gasteiger partial charge in [-0.15, -0.1) is 0 Å². The molecule has 4 saturated carbocycles. The van der Waals surface area contributed by atoms with Gasteiger partial charge in [0.1, 0.15) is 5.78 Å². The molecule has 0 aromatic rings. The van der Waals surface area contributed by atoms with Crippen molar-refractivity contribution in [3.05, 3.63) is 0 Å². The van der Waals surface area contributed by atoms with Crippen LogP contribution in [0.3, 0.4) is 0 Å². The fourth-order valence-electron chi connectivity index (χ4n) is 10.2. The molecule has 0 radical (unpaired) electrons. The van der Waals surface area contributed by atoms with Gasteiger partial charge in [-0.1, -0.05) is 48.5 Å². The fourth-order valence-corrected chi connectivity index (χ4v) is 10.2. The second-order valence-electron chi connectivity index (χ2n) is 14.6. The number of Topliss-reactive ketones (excluding diaryl/α,β-unsaturated/α-hetero) is 1. The summed E-state index contributed by atoms with van der Waals surface area (Å²) >= 11 is 0. The lowest BCUT2D eigenvalue weighted by Gasteiger charge is -2.74. The zero-order valence-electron chi connectivity index (χ0n) is 22.1.